The third kappa shape index (κ3) is 5.10. The molecule has 1 aromatic rings. The van der Waals surface area contributed by atoms with E-state index in [1.54, 1.807) is 12.1 Å². The van der Waals surface area contributed by atoms with Gasteiger partial charge in [-0.1, -0.05) is 23.9 Å². The number of hydrogen-bond acceptors (Lipinski definition) is 3. The number of alkyl halides is 2. The molecule has 0 unspecified atom stereocenters. The van der Waals surface area contributed by atoms with Gasteiger partial charge in [-0.25, -0.2) is 0 Å². The van der Waals surface area contributed by atoms with E-state index in [9.17, 15) is 8.78 Å². The summed E-state index contributed by atoms with van der Waals surface area (Å²) in [5.41, 5.74) is 1.19. The van der Waals surface area contributed by atoms with E-state index < -0.39 is 5.76 Å². The van der Waals surface area contributed by atoms with E-state index in [-0.39, 0.29) is 12.4 Å². The van der Waals surface area contributed by atoms with Gasteiger partial charge in [-0.05, 0) is 17.7 Å². The molecule has 1 N–H and O–H groups in total. The van der Waals surface area contributed by atoms with Crippen molar-refractivity contribution in [2.45, 2.75) is 17.2 Å². The summed E-state index contributed by atoms with van der Waals surface area (Å²) in [6.45, 7) is 5.06. The summed E-state index contributed by atoms with van der Waals surface area (Å²) in [6, 6.07) is 7.42. The van der Waals surface area contributed by atoms with Gasteiger partial charge in [0.2, 0.25) is 0 Å². The minimum atomic E-state index is -2.34. The minimum Gasteiger partial charge on any atom is -0.314 e. The van der Waals surface area contributed by atoms with E-state index in [1.165, 1.54) is 5.56 Å². The number of nitrogens with zero attached hydrogens (tertiary/aromatic N) is 1. The van der Waals surface area contributed by atoms with E-state index in [0.717, 1.165) is 32.7 Å². The molecule has 0 aromatic heterocycles. The van der Waals surface area contributed by atoms with Crippen LogP contribution in [0.2, 0.25) is 0 Å². The van der Waals surface area contributed by atoms with Crippen molar-refractivity contribution < 1.29 is 8.78 Å². The summed E-state index contributed by atoms with van der Waals surface area (Å²) in [7, 11) is 0. The third-order valence-electron chi connectivity index (χ3n) is 2.76. The third-order valence-corrected chi connectivity index (χ3v) is 3.49. The average molecular weight is 295 g/mol. The molecule has 2 rings (SSSR count). The van der Waals surface area contributed by atoms with Crippen LogP contribution in [0, 0.1) is 0 Å². The molecule has 6 heteroatoms. The first-order valence-corrected chi connectivity index (χ1v) is 6.59. The van der Waals surface area contributed by atoms with E-state index in [0.29, 0.717) is 16.7 Å². The maximum atomic E-state index is 12.1. The highest BCUT2D eigenvalue weighted by atomic mass is 35.5. The number of halogens is 3. The first-order valence-electron chi connectivity index (χ1n) is 5.71. The average Bonchev–Trinajstić information content (AvgIpc) is 2.32. The zero-order valence-corrected chi connectivity index (χ0v) is 11.6. The Bertz CT molecular complexity index is 342. The second kappa shape index (κ2) is 7.94. The Hall–Kier alpha value is -0.360. The first kappa shape index (κ1) is 15.7. The molecule has 18 heavy (non-hydrogen) atoms. The molecule has 0 saturated carbocycles. The lowest BCUT2D eigenvalue weighted by atomic mass is 10.2. The van der Waals surface area contributed by atoms with Gasteiger partial charge in [0.25, 0.3) is 5.76 Å². The Kier molecular flexibility index (Phi) is 6.92. The van der Waals surface area contributed by atoms with Gasteiger partial charge in [0, 0.05) is 37.6 Å². The smallest absolute Gasteiger partial charge is 0.288 e. The monoisotopic (exact) mass is 294 g/mol. The van der Waals surface area contributed by atoms with Crippen molar-refractivity contribution in [1.82, 2.24) is 10.2 Å². The molecule has 1 aliphatic rings. The van der Waals surface area contributed by atoms with Crippen LogP contribution in [0.25, 0.3) is 0 Å². The molecule has 2 nitrogen and oxygen atoms in total. The highest BCUT2D eigenvalue weighted by Gasteiger charge is 2.10. The SMILES string of the molecule is Cl.FC(F)Sc1ccc(CN2CCNCC2)cc1. The Morgan fingerprint density at radius 2 is 1.78 bits per heavy atom. The first-order chi connectivity index (χ1) is 8.24. The van der Waals surface area contributed by atoms with Gasteiger partial charge in [-0.3, -0.25) is 4.90 Å². The lowest BCUT2D eigenvalue weighted by Gasteiger charge is -2.27. The van der Waals surface area contributed by atoms with Gasteiger partial charge in [0.15, 0.2) is 0 Å². The van der Waals surface area contributed by atoms with Gasteiger partial charge < -0.3 is 5.32 Å². The normalized spacial score (nSPS) is 16.6. The number of thioether (sulfide) groups is 1. The Labute approximate surface area is 117 Å². The molecule has 1 heterocycles. The summed E-state index contributed by atoms with van der Waals surface area (Å²) in [6.07, 6.45) is 0. The molecule has 0 amide bonds. The highest BCUT2D eigenvalue weighted by Crippen LogP contribution is 2.25. The molecule has 1 aliphatic heterocycles. The maximum absolute atomic E-state index is 12.1. The fourth-order valence-electron chi connectivity index (χ4n) is 1.90. The lowest BCUT2D eigenvalue weighted by Crippen LogP contribution is -2.42. The zero-order valence-electron chi connectivity index (χ0n) is 9.94. The number of hydrogen-bond donors (Lipinski definition) is 1. The van der Waals surface area contributed by atoms with Crippen molar-refractivity contribution in [3.05, 3.63) is 29.8 Å². The molecule has 102 valence electrons. The summed E-state index contributed by atoms with van der Waals surface area (Å²) in [5, 5.41) is 3.30. The standard InChI is InChI=1S/C12H16F2N2S.ClH/c13-12(14)17-11-3-1-10(2-4-11)9-16-7-5-15-6-8-16;/h1-4,12,15H,5-9H2;1H. The summed E-state index contributed by atoms with van der Waals surface area (Å²) in [5.74, 6) is -2.34. The lowest BCUT2D eigenvalue weighted by molar-refractivity contribution is 0.233. The van der Waals surface area contributed by atoms with Crippen LogP contribution in [0.3, 0.4) is 0 Å². The molecule has 0 radical (unpaired) electrons. The molecular weight excluding hydrogens is 278 g/mol. The van der Waals surface area contributed by atoms with Gasteiger partial charge >= 0.3 is 0 Å². The Morgan fingerprint density at radius 3 is 2.33 bits per heavy atom. The van der Waals surface area contributed by atoms with Crippen LogP contribution in [-0.4, -0.2) is 36.8 Å². The highest BCUT2D eigenvalue weighted by molar-refractivity contribution is 7.99. The number of rotatable bonds is 4. The largest absolute Gasteiger partial charge is 0.314 e. The predicted molar refractivity (Wildman–Crippen MR) is 73.7 cm³/mol. The molecule has 0 bridgehead atoms. The van der Waals surface area contributed by atoms with Crippen molar-refractivity contribution in [2.24, 2.45) is 0 Å². The van der Waals surface area contributed by atoms with E-state index in [1.807, 2.05) is 12.1 Å². The fraction of sp³-hybridized carbons (Fsp3) is 0.500. The summed E-state index contributed by atoms with van der Waals surface area (Å²) in [4.78, 5) is 3.00. The van der Waals surface area contributed by atoms with E-state index in [2.05, 4.69) is 10.2 Å². The van der Waals surface area contributed by atoms with Crippen molar-refractivity contribution in [3.8, 4) is 0 Å². The number of piperazine rings is 1. The number of nitrogens with one attached hydrogen (secondary N) is 1. The number of benzene rings is 1. The van der Waals surface area contributed by atoms with Gasteiger partial charge in [0.05, 0.1) is 0 Å². The molecule has 0 atom stereocenters. The van der Waals surface area contributed by atoms with E-state index >= 15 is 0 Å². The quantitative estimate of drug-likeness (QED) is 0.860. The van der Waals surface area contributed by atoms with Crippen LogP contribution in [0.1, 0.15) is 5.56 Å². The van der Waals surface area contributed by atoms with E-state index in [4.69, 9.17) is 0 Å². The van der Waals surface area contributed by atoms with Crippen molar-refractivity contribution >= 4 is 24.2 Å². The zero-order chi connectivity index (χ0) is 12.1. The van der Waals surface area contributed by atoms with Gasteiger partial charge in [-0.2, -0.15) is 8.78 Å². The van der Waals surface area contributed by atoms with Crippen LogP contribution in [0.15, 0.2) is 29.2 Å². The van der Waals surface area contributed by atoms with Crippen LogP contribution in [-0.2, 0) is 6.54 Å². The molecule has 1 aromatic carbocycles. The van der Waals surface area contributed by atoms with Crippen LogP contribution in [0.5, 0.6) is 0 Å². The molecule has 1 fully saturated rings. The summed E-state index contributed by atoms with van der Waals surface area (Å²) < 4.78 is 24.3. The Morgan fingerprint density at radius 1 is 1.17 bits per heavy atom. The maximum Gasteiger partial charge on any atom is 0.288 e. The molecular formula is C12H17ClF2N2S. The van der Waals surface area contributed by atoms with Crippen molar-refractivity contribution in [1.29, 1.82) is 0 Å². The molecule has 0 spiro atoms. The second-order valence-electron chi connectivity index (χ2n) is 4.05. The van der Waals surface area contributed by atoms with Gasteiger partial charge in [0.1, 0.15) is 0 Å². The van der Waals surface area contributed by atoms with Crippen LogP contribution < -0.4 is 5.32 Å². The predicted octanol–water partition coefficient (Wildman–Crippen LogP) is 2.83. The topological polar surface area (TPSA) is 15.3 Å². The van der Waals surface area contributed by atoms with Crippen LogP contribution in [0.4, 0.5) is 8.78 Å². The van der Waals surface area contributed by atoms with Crippen molar-refractivity contribution in [3.63, 3.8) is 0 Å². The minimum absolute atomic E-state index is 0. The van der Waals surface area contributed by atoms with Crippen molar-refractivity contribution in [2.75, 3.05) is 26.2 Å². The fourth-order valence-corrected chi connectivity index (χ4v) is 2.40. The van der Waals surface area contributed by atoms with Crippen LogP contribution >= 0.6 is 24.2 Å². The van der Waals surface area contributed by atoms with Gasteiger partial charge in [-0.15, -0.1) is 12.4 Å². The Balaban J connectivity index is 0.00000162. The molecule has 0 aliphatic carbocycles. The molecule has 1 saturated heterocycles. The second-order valence-corrected chi connectivity index (χ2v) is 5.11. The summed E-state index contributed by atoms with van der Waals surface area (Å²) >= 11 is 0.596.